The number of aliphatic hydroxyl groups excluding tert-OH is 1. The van der Waals surface area contributed by atoms with Crippen molar-refractivity contribution in [2.75, 3.05) is 13.2 Å². The molecule has 1 aliphatic rings. The molecule has 0 bridgehead atoms. The second-order valence-corrected chi connectivity index (χ2v) is 15.0. The largest absolute Gasteiger partial charge is 0.461 e. The predicted octanol–water partition coefficient (Wildman–Crippen LogP) is 6.35. The van der Waals surface area contributed by atoms with E-state index in [0.29, 0.717) is 12.5 Å². The lowest BCUT2D eigenvalue weighted by molar-refractivity contribution is 0.265. The van der Waals surface area contributed by atoms with Gasteiger partial charge in [0.1, 0.15) is 11.5 Å². The summed E-state index contributed by atoms with van der Waals surface area (Å²) in [4.78, 5) is 0. The molecule has 1 heterocycles. The van der Waals surface area contributed by atoms with Crippen molar-refractivity contribution in [3.05, 3.63) is 90.4 Å². The molecule has 0 spiro atoms. The van der Waals surface area contributed by atoms with E-state index in [1.807, 2.05) is 0 Å². The van der Waals surface area contributed by atoms with Gasteiger partial charge in [0.25, 0.3) is 8.32 Å². The Morgan fingerprint density at radius 3 is 2.20 bits per heavy atom. The van der Waals surface area contributed by atoms with E-state index in [9.17, 15) is 5.11 Å². The van der Waals surface area contributed by atoms with Crippen LogP contribution < -0.4 is 10.4 Å². The van der Waals surface area contributed by atoms with Crippen molar-refractivity contribution in [3.63, 3.8) is 0 Å². The zero-order valence-electron chi connectivity index (χ0n) is 21.5. The van der Waals surface area contributed by atoms with Gasteiger partial charge in [-0.2, -0.15) is 0 Å². The first-order valence-electron chi connectivity index (χ1n) is 13.1. The molecular weight excluding hydrogens is 448 g/mol. The van der Waals surface area contributed by atoms with Gasteiger partial charge in [0.15, 0.2) is 0 Å². The van der Waals surface area contributed by atoms with Gasteiger partial charge in [0, 0.05) is 19.6 Å². The van der Waals surface area contributed by atoms with Crippen molar-refractivity contribution in [2.45, 2.75) is 64.3 Å². The molecule has 0 radical (unpaired) electrons. The van der Waals surface area contributed by atoms with Crippen LogP contribution in [0.4, 0.5) is 0 Å². The van der Waals surface area contributed by atoms with Crippen LogP contribution in [0.5, 0.6) is 0 Å². The Morgan fingerprint density at radius 2 is 1.60 bits per heavy atom. The van der Waals surface area contributed by atoms with E-state index in [4.69, 9.17) is 8.84 Å². The molecule has 1 atom stereocenters. The molecule has 186 valence electrons. The zero-order chi connectivity index (χ0) is 24.7. The van der Waals surface area contributed by atoms with Crippen molar-refractivity contribution < 1.29 is 13.9 Å². The number of hydrogen-bond donors (Lipinski definition) is 1. The molecular formula is C31H40O3Si. The minimum atomic E-state index is -2.49. The molecule has 3 aromatic rings. The number of aryl methyl sites for hydroxylation is 1. The maximum atomic E-state index is 9.45. The summed E-state index contributed by atoms with van der Waals surface area (Å²) in [6.07, 6.45) is 8.31. The fraction of sp³-hybridized carbons (Fsp3) is 0.419. The quantitative estimate of drug-likeness (QED) is 0.267. The average Bonchev–Trinajstić information content (AvgIpc) is 3.34. The van der Waals surface area contributed by atoms with Crippen molar-refractivity contribution in [1.29, 1.82) is 0 Å². The summed E-state index contributed by atoms with van der Waals surface area (Å²) < 4.78 is 13.3. The molecule has 0 saturated heterocycles. The van der Waals surface area contributed by atoms with Gasteiger partial charge in [-0.25, -0.2) is 0 Å². The van der Waals surface area contributed by atoms with Gasteiger partial charge in [-0.05, 0) is 71.1 Å². The molecule has 4 heteroatoms. The van der Waals surface area contributed by atoms with Gasteiger partial charge in [0.2, 0.25) is 0 Å². The molecule has 1 aliphatic carbocycles. The lowest BCUT2D eigenvalue weighted by atomic mass is 9.84. The highest BCUT2D eigenvalue weighted by Crippen LogP contribution is 2.37. The minimum Gasteiger partial charge on any atom is -0.461 e. The number of allylic oxidation sites excluding steroid dienone is 2. The topological polar surface area (TPSA) is 42.6 Å². The lowest BCUT2D eigenvalue weighted by Gasteiger charge is -2.43. The Labute approximate surface area is 212 Å². The second-order valence-electron chi connectivity index (χ2n) is 10.7. The molecule has 0 fully saturated rings. The van der Waals surface area contributed by atoms with Crippen LogP contribution in [0.3, 0.4) is 0 Å². The van der Waals surface area contributed by atoms with Crippen molar-refractivity contribution in [1.82, 2.24) is 0 Å². The summed E-state index contributed by atoms with van der Waals surface area (Å²) in [5, 5.41) is 12.1. The van der Waals surface area contributed by atoms with E-state index < -0.39 is 8.32 Å². The SMILES string of the molecule is CC(C)(C)[Si](OCCCc1ccc(C2=CCCCC2CCO)o1)(c1ccccc1)c1ccccc1. The van der Waals surface area contributed by atoms with Gasteiger partial charge >= 0.3 is 0 Å². The van der Waals surface area contributed by atoms with E-state index in [0.717, 1.165) is 43.6 Å². The molecule has 35 heavy (non-hydrogen) atoms. The molecule has 2 aromatic carbocycles. The molecule has 0 saturated carbocycles. The van der Waals surface area contributed by atoms with Crippen LogP contribution in [0.2, 0.25) is 5.04 Å². The number of benzene rings is 2. The summed E-state index contributed by atoms with van der Waals surface area (Å²) >= 11 is 0. The minimum absolute atomic E-state index is 0.0112. The van der Waals surface area contributed by atoms with Crippen LogP contribution in [0.15, 0.2) is 83.3 Å². The highest BCUT2D eigenvalue weighted by molar-refractivity contribution is 6.99. The normalized spacial score (nSPS) is 16.8. The van der Waals surface area contributed by atoms with E-state index in [-0.39, 0.29) is 11.6 Å². The van der Waals surface area contributed by atoms with E-state index in [2.05, 4.69) is 99.6 Å². The molecule has 0 aliphatic heterocycles. The zero-order valence-corrected chi connectivity index (χ0v) is 22.5. The van der Waals surface area contributed by atoms with Crippen molar-refractivity contribution in [3.8, 4) is 0 Å². The van der Waals surface area contributed by atoms with Crippen LogP contribution in [0.25, 0.3) is 5.57 Å². The first-order valence-corrected chi connectivity index (χ1v) is 15.0. The van der Waals surface area contributed by atoms with E-state index in [1.165, 1.54) is 22.4 Å². The number of hydrogen-bond acceptors (Lipinski definition) is 3. The summed E-state index contributed by atoms with van der Waals surface area (Å²) in [7, 11) is -2.49. The number of aliphatic hydroxyl groups is 1. The van der Waals surface area contributed by atoms with Crippen LogP contribution in [0.1, 0.15) is 64.4 Å². The maximum absolute atomic E-state index is 9.45. The monoisotopic (exact) mass is 488 g/mol. The highest BCUT2D eigenvalue weighted by Gasteiger charge is 2.49. The smallest absolute Gasteiger partial charge is 0.261 e. The summed E-state index contributed by atoms with van der Waals surface area (Å²) in [6.45, 7) is 7.88. The van der Waals surface area contributed by atoms with Gasteiger partial charge in [-0.1, -0.05) is 87.5 Å². The summed E-state index contributed by atoms with van der Waals surface area (Å²) in [5.74, 6) is 2.40. The van der Waals surface area contributed by atoms with Crippen molar-refractivity contribution in [2.24, 2.45) is 5.92 Å². The molecule has 1 unspecified atom stereocenters. The van der Waals surface area contributed by atoms with Gasteiger partial charge in [-0.15, -0.1) is 0 Å². The fourth-order valence-electron chi connectivity index (χ4n) is 5.60. The first kappa shape index (κ1) is 25.7. The first-order chi connectivity index (χ1) is 17.0. The van der Waals surface area contributed by atoms with Crippen molar-refractivity contribution >= 4 is 24.3 Å². The third kappa shape index (κ3) is 5.71. The fourth-order valence-corrected chi connectivity index (χ4v) is 10.2. The number of furan rings is 1. The lowest BCUT2D eigenvalue weighted by Crippen LogP contribution is -2.66. The van der Waals surface area contributed by atoms with E-state index in [1.54, 1.807) is 0 Å². The molecule has 0 amide bonds. The predicted molar refractivity (Wildman–Crippen MR) is 148 cm³/mol. The molecule has 4 rings (SSSR count). The van der Waals surface area contributed by atoms with Gasteiger partial charge in [-0.3, -0.25) is 0 Å². The third-order valence-electron chi connectivity index (χ3n) is 7.29. The second kappa shape index (κ2) is 11.6. The van der Waals surface area contributed by atoms with Crippen LogP contribution in [-0.2, 0) is 10.8 Å². The highest BCUT2D eigenvalue weighted by atomic mass is 28.4. The Bertz CT molecular complexity index is 1040. The summed E-state index contributed by atoms with van der Waals surface area (Å²) in [6, 6.07) is 25.9. The number of rotatable bonds is 10. The molecule has 3 nitrogen and oxygen atoms in total. The molecule has 1 aromatic heterocycles. The average molecular weight is 489 g/mol. The van der Waals surface area contributed by atoms with Gasteiger partial charge in [0.05, 0.1) is 0 Å². The third-order valence-corrected chi connectivity index (χ3v) is 12.3. The standard InChI is InChI=1S/C31H40O3Si/c1-31(2,3)35(27-15-6-4-7-16-27,28-17-8-5-9-18-28)33-24-12-14-26-20-21-30(34-26)29-19-11-10-13-25(29)22-23-32/h4-9,15-21,25,32H,10-14,22-24H2,1-3H3. The Balaban J connectivity index is 1.48. The van der Waals surface area contributed by atoms with Crippen LogP contribution in [-0.4, -0.2) is 26.6 Å². The maximum Gasteiger partial charge on any atom is 0.261 e. The summed E-state index contributed by atoms with van der Waals surface area (Å²) in [5.41, 5.74) is 1.28. The Morgan fingerprint density at radius 1 is 0.943 bits per heavy atom. The van der Waals surface area contributed by atoms with Gasteiger partial charge < -0.3 is 13.9 Å². The van der Waals surface area contributed by atoms with E-state index >= 15 is 0 Å². The van der Waals surface area contributed by atoms with Crippen LogP contribution >= 0.6 is 0 Å². The Hall–Kier alpha value is -2.40. The Kier molecular flexibility index (Phi) is 8.48. The van der Waals surface area contributed by atoms with Crippen LogP contribution in [0, 0.1) is 5.92 Å². The molecule has 1 N–H and O–H groups in total.